The molecule has 1 aliphatic rings. The standard InChI is InChI=1S/C28H25N3O2S/c1-31(2)28(33)19-9-5-10-20(16-19)29-27(32)25-22-12-3-4-14-24(22)30-26-18(8-6-13-23(25)26)17-21-11-7-15-34-21/h3-5,7,9-12,14-17H,6,8,13H2,1-2H3,(H,29,32)/b18-17+. The van der Waals surface area contributed by atoms with Crippen LogP contribution in [0.2, 0.25) is 0 Å². The summed E-state index contributed by atoms with van der Waals surface area (Å²) in [5, 5.41) is 5.95. The first-order valence-electron chi connectivity index (χ1n) is 11.3. The van der Waals surface area contributed by atoms with Crippen molar-refractivity contribution in [1.29, 1.82) is 0 Å². The van der Waals surface area contributed by atoms with Crippen LogP contribution in [0.1, 0.15) is 49.7 Å². The molecular weight excluding hydrogens is 442 g/mol. The van der Waals surface area contributed by atoms with Crippen LogP contribution in [0.3, 0.4) is 0 Å². The maximum Gasteiger partial charge on any atom is 0.256 e. The minimum atomic E-state index is -0.179. The summed E-state index contributed by atoms with van der Waals surface area (Å²) < 4.78 is 0. The highest BCUT2D eigenvalue weighted by molar-refractivity contribution is 7.10. The largest absolute Gasteiger partial charge is 0.345 e. The van der Waals surface area contributed by atoms with Gasteiger partial charge in [0.05, 0.1) is 16.8 Å². The number of nitrogens with zero attached hydrogens (tertiary/aromatic N) is 2. The Morgan fingerprint density at radius 2 is 1.88 bits per heavy atom. The van der Waals surface area contributed by atoms with Gasteiger partial charge in [0.2, 0.25) is 0 Å². The van der Waals surface area contributed by atoms with E-state index in [-0.39, 0.29) is 11.8 Å². The molecule has 0 saturated carbocycles. The van der Waals surface area contributed by atoms with Crippen molar-refractivity contribution >= 4 is 51.4 Å². The summed E-state index contributed by atoms with van der Waals surface area (Å²) >= 11 is 1.70. The van der Waals surface area contributed by atoms with E-state index in [9.17, 15) is 9.59 Å². The van der Waals surface area contributed by atoms with Gasteiger partial charge in [-0.25, -0.2) is 4.98 Å². The van der Waals surface area contributed by atoms with E-state index in [0.29, 0.717) is 16.8 Å². The molecule has 34 heavy (non-hydrogen) atoms. The third-order valence-corrected chi connectivity index (χ3v) is 6.85. The van der Waals surface area contributed by atoms with Crippen molar-refractivity contribution < 1.29 is 9.59 Å². The van der Waals surface area contributed by atoms with Crippen LogP contribution in [0.5, 0.6) is 0 Å². The van der Waals surface area contributed by atoms with E-state index in [4.69, 9.17) is 4.98 Å². The van der Waals surface area contributed by atoms with Crippen molar-refractivity contribution in [3.05, 3.63) is 93.3 Å². The number of carbonyl (C=O) groups is 2. The second kappa shape index (κ2) is 9.23. The summed E-state index contributed by atoms with van der Waals surface area (Å²) in [6, 6.07) is 19.0. The normalized spacial score (nSPS) is 14.1. The van der Waals surface area contributed by atoms with Gasteiger partial charge in [0.25, 0.3) is 11.8 Å². The average Bonchev–Trinajstić information content (AvgIpc) is 3.35. The van der Waals surface area contributed by atoms with Gasteiger partial charge in [-0.05, 0) is 72.2 Å². The molecule has 0 spiro atoms. The molecule has 0 atom stereocenters. The first kappa shape index (κ1) is 22.0. The SMILES string of the molecule is CN(C)C(=O)c1cccc(NC(=O)c2c3c(nc4ccccc24)/C(=C/c2cccs2)CCC3)c1. The zero-order chi connectivity index (χ0) is 23.7. The third-order valence-electron chi connectivity index (χ3n) is 6.03. The lowest BCUT2D eigenvalue weighted by Gasteiger charge is -2.23. The molecule has 2 amide bonds. The van der Waals surface area contributed by atoms with Gasteiger partial charge in [0.1, 0.15) is 0 Å². The minimum absolute atomic E-state index is 0.105. The Bertz CT molecular complexity index is 1420. The number of hydrogen-bond donors (Lipinski definition) is 1. The Kier molecular flexibility index (Phi) is 5.99. The van der Waals surface area contributed by atoms with Crippen molar-refractivity contribution in [2.75, 3.05) is 19.4 Å². The van der Waals surface area contributed by atoms with Gasteiger partial charge in [-0.3, -0.25) is 9.59 Å². The topological polar surface area (TPSA) is 62.3 Å². The maximum absolute atomic E-state index is 13.7. The fraction of sp³-hybridized carbons (Fsp3) is 0.179. The lowest BCUT2D eigenvalue weighted by Crippen LogP contribution is -2.22. The predicted octanol–water partition coefficient (Wildman–Crippen LogP) is 6.13. The lowest BCUT2D eigenvalue weighted by molar-refractivity contribution is 0.0827. The van der Waals surface area contributed by atoms with Gasteiger partial charge in [0, 0.05) is 35.6 Å². The van der Waals surface area contributed by atoms with Gasteiger partial charge in [-0.2, -0.15) is 0 Å². The van der Waals surface area contributed by atoms with E-state index in [1.807, 2.05) is 36.4 Å². The monoisotopic (exact) mass is 467 g/mol. The molecule has 0 fully saturated rings. The summed E-state index contributed by atoms with van der Waals surface area (Å²) in [4.78, 5) is 33.8. The van der Waals surface area contributed by atoms with Gasteiger partial charge >= 0.3 is 0 Å². The molecule has 4 aromatic rings. The maximum atomic E-state index is 13.7. The number of rotatable bonds is 4. The molecule has 6 heteroatoms. The van der Waals surface area contributed by atoms with Crippen LogP contribution in [0.15, 0.2) is 66.0 Å². The van der Waals surface area contributed by atoms with Crippen molar-refractivity contribution in [2.24, 2.45) is 0 Å². The van der Waals surface area contributed by atoms with Crippen LogP contribution in [0.25, 0.3) is 22.6 Å². The van der Waals surface area contributed by atoms with Crippen LogP contribution in [0, 0.1) is 0 Å². The number of carbonyl (C=O) groups excluding carboxylic acids is 2. The second-order valence-electron chi connectivity index (χ2n) is 8.60. The Morgan fingerprint density at radius 1 is 1.03 bits per heavy atom. The Morgan fingerprint density at radius 3 is 2.68 bits per heavy atom. The van der Waals surface area contributed by atoms with E-state index in [2.05, 4.69) is 22.8 Å². The van der Waals surface area contributed by atoms with Crippen LogP contribution in [-0.2, 0) is 6.42 Å². The number of nitrogens with one attached hydrogen (secondary N) is 1. The first-order chi connectivity index (χ1) is 16.5. The van der Waals surface area contributed by atoms with Crippen LogP contribution >= 0.6 is 11.3 Å². The number of benzene rings is 2. The molecule has 5 nitrogen and oxygen atoms in total. The molecule has 2 heterocycles. The van der Waals surface area contributed by atoms with Gasteiger partial charge < -0.3 is 10.2 Å². The Hall–Kier alpha value is -3.77. The molecule has 170 valence electrons. The molecule has 0 bridgehead atoms. The molecule has 0 unspecified atom stereocenters. The molecule has 0 radical (unpaired) electrons. The quantitative estimate of drug-likeness (QED) is 0.393. The van der Waals surface area contributed by atoms with Crippen molar-refractivity contribution in [2.45, 2.75) is 19.3 Å². The molecular formula is C28H25N3O2S. The highest BCUT2D eigenvalue weighted by atomic mass is 32.1. The van der Waals surface area contributed by atoms with Crippen molar-refractivity contribution in [3.63, 3.8) is 0 Å². The summed E-state index contributed by atoms with van der Waals surface area (Å²) in [7, 11) is 3.43. The molecule has 0 aliphatic heterocycles. The zero-order valence-corrected chi connectivity index (χ0v) is 20.0. The highest BCUT2D eigenvalue weighted by Crippen LogP contribution is 2.37. The van der Waals surface area contributed by atoms with Gasteiger partial charge in [-0.15, -0.1) is 11.3 Å². The van der Waals surface area contributed by atoms with Gasteiger partial charge in [0.15, 0.2) is 0 Å². The zero-order valence-electron chi connectivity index (χ0n) is 19.2. The number of hydrogen-bond acceptors (Lipinski definition) is 4. The average molecular weight is 468 g/mol. The number of thiophene rings is 1. The van der Waals surface area contributed by atoms with Crippen molar-refractivity contribution in [1.82, 2.24) is 9.88 Å². The van der Waals surface area contributed by atoms with E-state index < -0.39 is 0 Å². The minimum Gasteiger partial charge on any atom is -0.345 e. The molecule has 5 rings (SSSR count). The van der Waals surface area contributed by atoms with Crippen LogP contribution in [-0.4, -0.2) is 35.8 Å². The summed E-state index contributed by atoms with van der Waals surface area (Å²) in [5.41, 5.74) is 5.68. The smallest absolute Gasteiger partial charge is 0.256 e. The molecule has 2 aromatic carbocycles. The summed E-state index contributed by atoms with van der Waals surface area (Å²) in [6.45, 7) is 0. The van der Waals surface area contributed by atoms with E-state index in [0.717, 1.165) is 41.4 Å². The van der Waals surface area contributed by atoms with E-state index in [1.54, 1.807) is 43.6 Å². The number of allylic oxidation sites excluding steroid dienone is 1. The van der Waals surface area contributed by atoms with Crippen LogP contribution in [0.4, 0.5) is 5.69 Å². The number of fused-ring (bicyclic) bond motifs is 2. The number of pyridine rings is 1. The molecule has 0 saturated heterocycles. The van der Waals surface area contributed by atoms with Crippen LogP contribution < -0.4 is 5.32 Å². The third kappa shape index (κ3) is 4.24. The molecule has 1 N–H and O–H groups in total. The fourth-order valence-corrected chi connectivity index (χ4v) is 5.14. The van der Waals surface area contributed by atoms with E-state index in [1.165, 1.54) is 15.4 Å². The molecule has 2 aromatic heterocycles. The number of anilines is 1. The number of aromatic nitrogens is 1. The molecule has 1 aliphatic carbocycles. The Balaban J connectivity index is 1.59. The summed E-state index contributed by atoms with van der Waals surface area (Å²) in [5.74, 6) is -0.284. The van der Waals surface area contributed by atoms with E-state index >= 15 is 0 Å². The van der Waals surface area contributed by atoms with Crippen molar-refractivity contribution in [3.8, 4) is 0 Å². The highest BCUT2D eigenvalue weighted by Gasteiger charge is 2.25. The number of para-hydroxylation sites is 1. The Labute approximate surface area is 202 Å². The fourth-order valence-electron chi connectivity index (χ4n) is 4.46. The lowest BCUT2D eigenvalue weighted by atomic mass is 9.86. The second-order valence-corrected chi connectivity index (χ2v) is 9.58. The van der Waals surface area contributed by atoms with Gasteiger partial charge in [-0.1, -0.05) is 30.3 Å². The first-order valence-corrected chi connectivity index (χ1v) is 12.2. The predicted molar refractivity (Wildman–Crippen MR) is 139 cm³/mol. The summed E-state index contributed by atoms with van der Waals surface area (Å²) in [6.07, 6.45) is 4.91. The number of amides is 2.